The molecular formula is C22H21N3O2. The van der Waals surface area contributed by atoms with E-state index < -0.39 is 0 Å². The molecule has 0 saturated carbocycles. The van der Waals surface area contributed by atoms with Crippen molar-refractivity contribution >= 4 is 23.0 Å². The summed E-state index contributed by atoms with van der Waals surface area (Å²) in [6, 6.07) is 17.6. The first-order valence-corrected chi connectivity index (χ1v) is 9.10. The van der Waals surface area contributed by atoms with E-state index in [-0.39, 0.29) is 5.91 Å². The summed E-state index contributed by atoms with van der Waals surface area (Å²) in [6.07, 6.45) is 4.20. The molecule has 1 aliphatic heterocycles. The van der Waals surface area contributed by atoms with Crippen molar-refractivity contribution in [2.24, 2.45) is 0 Å². The van der Waals surface area contributed by atoms with Gasteiger partial charge in [-0.05, 0) is 43.2 Å². The van der Waals surface area contributed by atoms with Gasteiger partial charge in [0.15, 0.2) is 0 Å². The summed E-state index contributed by atoms with van der Waals surface area (Å²) in [7, 11) is 0. The fourth-order valence-corrected chi connectivity index (χ4v) is 3.34. The maximum Gasteiger partial charge on any atom is 0.259 e. The van der Waals surface area contributed by atoms with Crippen LogP contribution in [0.4, 0.5) is 17.1 Å². The predicted molar refractivity (Wildman–Crippen MR) is 107 cm³/mol. The third-order valence-corrected chi connectivity index (χ3v) is 4.58. The lowest BCUT2D eigenvalue weighted by Crippen LogP contribution is -2.29. The molecule has 0 spiro atoms. The van der Waals surface area contributed by atoms with Crippen molar-refractivity contribution in [2.45, 2.75) is 13.3 Å². The topological polar surface area (TPSA) is 54.5 Å². The zero-order valence-corrected chi connectivity index (χ0v) is 15.2. The van der Waals surface area contributed by atoms with Crippen LogP contribution in [0.5, 0.6) is 5.75 Å². The lowest BCUT2D eigenvalue weighted by atomic mass is 10.2. The van der Waals surface area contributed by atoms with Gasteiger partial charge in [0.1, 0.15) is 5.75 Å². The minimum Gasteiger partial charge on any atom is -0.492 e. The van der Waals surface area contributed by atoms with Gasteiger partial charge >= 0.3 is 0 Å². The summed E-state index contributed by atoms with van der Waals surface area (Å²) in [5.74, 6) is 0.736. The van der Waals surface area contributed by atoms with Crippen LogP contribution < -0.4 is 15.0 Å². The highest BCUT2D eigenvalue weighted by atomic mass is 16.5. The molecule has 5 nitrogen and oxygen atoms in total. The Morgan fingerprint density at radius 1 is 1.15 bits per heavy atom. The molecule has 136 valence electrons. The lowest BCUT2D eigenvalue weighted by Gasteiger charge is -2.18. The first-order valence-electron chi connectivity index (χ1n) is 9.10. The largest absolute Gasteiger partial charge is 0.492 e. The Hall–Kier alpha value is -3.34. The number of pyridine rings is 1. The van der Waals surface area contributed by atoms with Gasteiger partial charge < -0.3 is 15.0 Å². The van der Waals surface area contributed by atoms with E-state index in [2.05, 4.69) is 16.4 Å². The summed E-state index contributed by atoms with van der Waals surface area (Å²) < 4.78 is 5.65. The van der Waals surface area contributed by atoms with Gasteiger partial charge in [-0.25, -0.2) is 0 Å². The summed E-state index contributed by atoms with van der Waals surface area (Å²) >= 11 is 0. The molecular weight excluding hydrogens is 338 g/mol. The van der Waals surface area contributed by atoms with Crippen molar-refractivity contribution in [3.8, 4) is 5.75 Å². The second-order valence-electron chi connectivity index (χ2n) is 6.35. The second-order valence-corrected chi connectivity index (χ2v) is 6.35. The highest BCUT2D eigenvalue weighted by Crippen LogP contribution is 2.30. The van der Waals surface area contributed by atoms with E-state index in [4.69, 9.17) is 4.74 Å². The number of hydrogen-bond acceptors (Lipinski definition) is 4. The highest BCUT2D eigenvalue weighted by Gasteiger charge is 2.25. The molecule has 27 heavy (non-hydrogen) atoms. The molecule has 1 amide bonds. The molecule has 0 atom stereocenters. The van der Waals surface area contributed by atoms with Crippen LogP contribution >= 0.6 is 0 Å². The van der Waals surface area contributed by atoms with Crippen molar-refractivity contribution in [3.05, 3.63) is 78.1 Å². The first kappa shape index (κ1) is 17.1. The number of benzene rings is 2. The van der Waals surface area contributed by atoms with E-state index in [9.17, 15) is 4.79 Å². The van der Waals surface area contributed by atoms with E-state index in [1.807, 2.05) is 60.4 Å². The maximum atomic E-state index is 13.0. The van der Waals surface area contributed by atoms with Crippen LogP contribution in [-0.2, 0) is 6.42 Å². The zero-order chi connectivity index (χ0) is 18.6. The summed E-state index contributed by atoms with van der Waals surface area (Å²) in [6.45, 7) is 3.23. The van der Waals surface area contributed by atoms with E-state index in [0.717, 1.165) is 29.2 Å². The smallest absolute Gasteiger partial charge is 0.259 e. The monoisotopic (exact) mass is 359 g/mol. The number of amides is 1. The van der Waals surface area contributed by atoms with E-state index in [0.29, 0.717) is 18.7 Å². The van der Waals surface area contributed by atoms with Crippen LogP contribution in [0, 0.1) is 0 Å². The molecule has 2 heterocycles. The van der Waals surface area contributed by atoms with E-state index in [1.54, 1.807) is 12.4 Å². The number of carbonyl (C=O) groups excluding carboxylic acids is 1. The Morgan fingerprint density at radius 2 is 1.96 bits per heavy atom. The van der Waals surface area contributed by atoms with Crippen LogP contribution in [0.2, 0.25) is 0 Å². The summed E-state index contributed by atoms with van der Waals surface area (Å²) in [5.41, 5.74) is 4.35. The molecule has 0 saturated heterocycles. The number of carbonyl (C=O) groups is 1. The number of rotatable bonds is 5. The summed E-state index contributed by atoms with van der Waals surface area (Å²) in [4.78, 5) is 19.1. The molecule has 0 fully saturated rings. The van der Waals surface area contributed by atoms with Gasteiger partial charge in [-0.15, -0.1) is 0 Å². The molecule has 1 aliphatic rings. The van der Waals surface area contributed by atoms with Crippen molar-refractivity contribution in [1.82, 2.24) is 4.98 Å². The minimum atomic E-state index is -0.0332. The van der Waals surface area contributed by atoms with Crippen molar-refractivity contribution in [1.29, 1.82) is 0 Å². The average molecular weight is 359 g/mol. The average Bonchev–Trinajstić information content (AvgIpc) is 3.13. The molecule has 4 rings (SSSR count). The predicted octanol–water partition coefficient (Wildman–Crippen LogP) is 4.43. The molecule has 5 heteroatoms. The molecule has 0 radical (unpaired) electrons. The number of fused-ring (bicyclic) bond motifs is 1. The van der Waals surface area contributed by atoms with Crippen LogP contribution in [0.1, 0.15) is 22.8 Å². The van der Waals surface area contributed by atoms with E-state index >= 15 is 0 Å². The van der Waals surface area contributed by atoms with Crippen molar-refractivity contribution in [2.75, 3.05) is 23.4 Å². The molecule has 3 aromatic rings. The van der Waals surface area contributed by atoms with Crippen LogP contribution in [0.15, 0.2) is 67.0 Å². The zero-order valence-electron chi connectivity index (χ0n) is 15.2. The fraction of sp³-hybridized carbons (Fsp3) is 0.182. The van der Waals surface area contributed by atoms with Crippen molar-refractivity contribution < 1.29 is 9.53 Å². The van der Waals surface area contributed by atoms with Gasteiger partial charge in [-0.3, -0.25) is 9.78 Å². The number of hydrogen-bond donors (Lipinski definition) is 1. The lowest BCUT2D eigenvalue weighted by molar-refractivity contribution is 0.0989. The fourth-order valence-electron chi connectivity index (χ4n) is 3.34. The van der Waals surface area contributed by atoms with Gasteiger partial charge in [-0.1, -0.05) is 30.3 Å². The second kappa shape index (κ2) is 7.50. The Kier molecular flexibility index (Phi) is 4.75. The number of nitrogens with zero attached hydrogens (tertiary/aromatic N) is 2. The molecule has 0 aliphatic carbocycles. The van der Waals surface area contributed by atoms with Gasteiger partial charge in [0.2, 0.25) is 0 Å². The Labute approximate surface area is 158 Å². The number of para-hydroxylation sites is 3. The third kappa shape index (κ3) is 3.49. The number of ether oxygens (including phenoxy) is 1. The number of anilines is 3. The Balaban J connectivity index is 1.58. The van der Waals surface area contributed by atoms with Gasteiger partial charge in [0.25, 0.3) is 5.91 Å². The third-order valence-electron chi connectivity index (χ3n) is 4.58. The maximum absolute atomic E-state index is 13.0. The quantitative estimate of drug-likeness (QED) is 0.732. The Morgan fingerprint density at radius 3 is 2.85 bits per heavy atom. The SMILES string of the molecule is CCOc1ccccc1Nc1cncc(C(=O)N2CCc3ccccc32)c1. The normalized spacial score (nSPS) is 12.6. The van der Waals surface area contributed by atoms with Crippen LogP contribution in [0.3, 0.4) is 0 Å². The molecule has 0 bridgehead atoms. The molecule has 1 aromatic heterocycles. The summed E-state index contributed by atoms with van der Waals surface area (Å²) in [5, 5.41) is 3.30. The van der Waals surface area contributed by atoms with Crippen LogP contribution in [0.25, 0.3) is 0 Å². The van der Waals surface area contributed by atoms with Gasteiger partial charge in [0.05, 0.1) is 29.7 Å². The Bertz CT molecular complexity index is 971. The van der Waals surface area contributed by atoms with Gasteiger partial charge in [-0.2, -0.15) is 0 Å². The number of aromatic nitrogens is 1. The number of nitrogens with one attached hydrogen (secondary N) is 1. The highest BCUT2D eigenvalue weighted by molar-refractivity contribution is 6.07. The first-order chi connectivity index (χ1) is 13.3. The standard InChI is InChI=1S/C22H21N3O2/c1-2-27-21-10-6-4-8-19(21)24-18-13-17(14-23-15-18)22(26)25-12-11-16-7-3-5-9-20(16)25/h3-10,13-15,24H,2,11-12H2,1H3. The van der Waals surface area contributed by atoms with Crippen LogP contribution in [-0.4, -0.2) is 24.0 Å². The molecule has 1 N–H and O–H groups in total. The molecule has 2 aromatic carbocycles. The van der Waals surface area contributed by atoms with E-state index in [1.165, 1.54) is 5.56 Å². The molecule has 0 unspecified atom stereocenters. The minimum absolute atomic E-state index is 0.0332. The van der Waals surface area contributed by atoms with Gasteiger partial charge in [0, 0.05) is 18.4 Å². The van der Waals surface area contributed by atoms with Crippen molar-refractivity contribution in [3.63, 3.8) is 0 Å².